The van der Waals surface area contributed by atoms with E-state index in [1.54, 1.807) is 11.8 Å². The molecule has 0 spiro atoms. The van der Waals surface area contributed by atoms with E-state index in [4.69, 9.17) is 13.9 Å². The van der Waals surface area contributed by atoms with Gasteiger partial charge < -0.3 is 19.2 Å². The molecule has 0 fully saturated rings. The van der Waals surface area contributed by atoms with Gasteiger partial charge in [-0.3, -0.25) is 0 Å². The van der Waals surface area contributed by atoms with Crippen LogP contribution in [0.1, 0.15) is 11.5 Å². The molecule has 106 valence electrons. The van der Waals surface area contributed by atoms with E-state index in [9.17, 15) is 0 Å². The van der Waals surface area contributed by atoms with Crippen LogP contribution in [-0.4, -0.2) is 19.5 Å². The molecule has 0 amide bonds. The predicted octanol–water partition coefficient (Wildman–Crippen LogP) is 3.53. The predicted molar refractivity (Wildman–Crippen MR) is 80.7 cm³/mol. The van der Waals surface area contributed by atoms with Crippen LogP contribution in [0, 0.1) is 0 Å². The van der Waals surface area contributed by atoms with Gasteiger partial charge in [-0.2, -0.15) is 11.8 Å². The average Bonchev–Trinajstić information content (AvgIpc) is 2.93. The van der Waals surface area contributed by atoms with Crippen LogP contribution < -0.4 is 14.8 Å². The van der Waals surface area contributed by atoms with Crippen molar-refractivity contribution in [3.63, 3.8) is 0 Å². The lowest BCUT2D eigenvalue weighted by Crippen LogP contribution is -2.15. The molecule has 2 heterocycles. The van der Waals surface area contributed by atoms with Crippen LogP contribution in [0.25, 0.3) is 0 Å². The van der Waals surface area contributed by atoms with Gasteiger partial charge in [0.1, 0.15) is 24.7 Å². The molecule has 0 unspecified atom stereocenters. The lowest BCUT2D eigenvalue weighted by Gasteiger charge is -2.19. The molecule has 0 saturated heterocycles. The van der Waals surface area contributed by atoms with E-state index in [2.05, 4.69) is 11.6 Å². The zero-order valence-corrected chi connectivity index (χ0v) is 12.2. The van der Waals surface area contributed by atoms with E-state index < -0.39 is 0 Å². The van der Waals surface area contributed by atoms with Gasteiger partial charge in [-0.1, -0.05) is 0 Å². The topological polar surface area (TPSA) is 43.6 Å². The highest BCUT2D eigenvalue weighted by Crippen LogP contribution is 2.32. The first-order valence-corrected chi connectivity index (χ1v) is 7.94. The molecule has 0 radical (unpaired) electrons. The number of anilines is 1. The molecule has 1 aromatic heterocycles. The van der Waals surface area contributed by atoms with Crippen LogP contribution in [-0.2, 0) is 12.3 Å². The van der Waals surface area contributed by atoms with E-state index in [1.807, 2.05) is 30.3 Å². The maximum Gasteiger partial charge on any atom is 0.163 e. The molecule has 20 heavy (non-hydrogen) atoms. The second-order valence-corrected chi connectivity index (χ2v) is 5.38. The van der Waals surface area contributed by atoms with E-state index in [0.29, 0.717) is 19.8 Å². The van der Waals surface area contributed by atoms with Gasteiger partial charge in [0.15, 0.2) is 11.5 Å². The Kier molecular flexibility index (Phi) is 4.06. The molecular weight excluding hydrogens is 274 g/mol. The maximum atomic E-state index is 5.72. The number of benzene rings is 1. The lowest BCUT2D eigenvalue weighted by atomic mass is 10.2. The van der Waals surface area contributed by atoms with Crippen LogP contribution in [0.3, 0.4) is 0 Å². The van der Waals surface area contributed by atoms with Crippen molar-refractivity contribution in [2.45, 2.75) is 12.3 Å². The van der Waals surface area contributed by atoms with Crippen molar-refractivity contribution in [3.8, 4) is 11.5 Å². The molecule has 0 bridgehead atoms. The summed E-state index contributed by atoms with van der Waals surface area (Å²) in [7, 11) is 0. The molecule has 2 aromatic rings. The summed E-state index contributed by atoms with van der Waals surface area (Å²) < 4.78 is 16.8. The average molecular weight is 291 g/mol. The number of fused-ring (bicyclic) bond motifs is 1. The Balaban J connectivity index is 1.62. The third kappa shape index (κ3) is 3.04. The van der Waals surface area contributed by atoms with Crippen LogP contribution in [0.15, 0.2) is 34.7 Å². The second-order valence-electron chi connectivity index (χ2n) is 4.51. The fraction of sp³-hybridized carbons (Fsp3) is 0.333. The van der Waals surface area contributed by atoms with Gasteiger partial charge in [-0.25, -0.2) is 0 Å². The molecule has 3 rings (SSSR count). The van der Waals surface area contributed by atoms with Gasteiger partial charge >= 0.3 is 0 Å². The molecule has 1 aromatic carbocycles. The third-order valence-electron chi connectivity index (χ3n) is 3.01. The van der Waals surface area contributed by atoms with E-state index in [1.165, 1.54) is 0 Å². The van der Waals surface area contributed by atoms with Crippen LogP contribution >= 0.6 is 11.8 Å². The fourth-order valence-electron chi connectivity index (χ4n) is 2.08. The zero-order valence-electron chi connectivity index (χ0n) is 11.3. The summed E-state index contributed by atoms with van der Waals surface area (Å²) in [6, 6.07) is 9.91. The standard InChI is InChI=1S/C15H17NO3S/c1-20-10-13-4-3-12(19-13)9-16-11-2-5-14-15(8-11)18-7-6-17-14/h2-5,8,16H,6-7,9-10H2,1H3. The Labute approximate surface area is 122 Å². The molecule has 1 aliphatic heterocycles. The summed E-state index contributed by atoms with van der Waals surface area (Å²) in [5.41, 5.74) is 0.997. The molecule has 5 heteroatoms. The summed E-state index contributed by atoms with van der Waals surface area (Å²) in [5, 5.41) is 3.33. The minimum Gasteiger partial charge on any atom is -0.486 e. The molecule has 0 saturated carbocycles. The smallest absolute Gasteiger partial charge is 0.163 e. The van der Waals surface area contributed by atoms with Crippen molar-refractivity contribution in [2.24, 2.45) is 0 Å². The first-order valence-electron chi connectivity index (χ1n) is 6.55. The number of thioether (sulfide) groups is 1. The summed E-state index contributed by atoms with van der Waals surface area (Å²) in [4.78, 5) is 0. The first-order chi connectivity index (χ1) is 9.85. The van der Waals surface area contributed by atoms with Crippen LogP contribution in [0.5, 0.6) is 11.5 Å². The third-order valence-corrected chi connectivity index (χ3v) is 3.59. The van der Waals surface area contributed by atoms with Gasteiger partial charge in [-0.05, 0) is 30.5 Å². The summed E-state index contributed by atoms with van der Waals surface area (Å²) in [6.07, 6.45) is 2.07. The Morgan fingerprint density at radius 3 is 2.70 bits per heavy atom. The van der Waals surface area contributed by atoms with E-state index >= 15 is 0 Å². The van der Waals surface area contributed by atoms with Crippen molar-refractivity contribution >= 4 is 17.4 Å². The highest BCUT2D eigenvalue weighted by Gasteiger charge is 2.11. The summed E-state index contributed by atoms with van der Waals surface area (Å²) in [6.45, 7) is 1.88. The van der Waals surface area contributed by atoms with Crippen molar-refractivity contribution in [2.75, 3.05) is 24.8 Å². The van der Waals surface area contributed by atoms with Gasteiger partial charge in [-0.15, -0.1) is 0 Å². The molecule has 1 N–H and O–H groups in total. The first kappa shape index (κ1) is 13.2. The minimum absolute atomic E-state index is 0.604. The summed E-state index contributed by atoms with van der Waals surface area (Å²) in [5.74, 6) is 4.45. The van der Waals surface area contributed by atoms with Crippen LogP contribution in [0.2, 0.25) is 0 Å². The van der Waals surface area contributed by atoms with E-state index in [-0.39, 0.29) is 0 Å². The molecular formula is C15H17NO3S. The quantitative estimate of drug-likeness (QED) is 0.913. The number of nitrogens with one attached hydrogen (secondary N) is 1. The lowest BCUT2D eigenvalue weighted by molar-refractivity contribution is 0.171. The van der Waals surface area contributed by atoms with Crippen molar-refractivity contribution < 1.29 is 13.9 Å². The second kappa shape index (κ2) is 6.13. The molecule has 1 aliphatic rings. The molecule has 0 atom stereocenters. The van der Waals surface area contributed by atoms with Crippen LogP contribution in [0.4, 0.5) is 5.69 Å². The number of hydrogen-bond acceptors (Lipinski definition) is 5. The van der Waals surface area contributed by atoms with Crippen molar-refractivity contribution in [3.05, 3.63) is 41.9 Å². The number of furan rings is 1. The normalized spacial score (nSPS) is 13.2. The van der Waals surface area contributed by atoms with Gasteiger partial charge in [0.05, 0.1) is 12.3 Å². The maximum absolute atomic E-state index is 5.72. The van der Waals surface area contributed by atoms with Crippen molar-refractivity contribution in [1.29, 1.82) is 0 Å². The number of ether oxygens (including phenoxy) is 2. The molecule has 0 aliphatic carbocycles. The molecule has 4 nitrogen and oxygen atoms in total. The zero-order chi connectivity index (χ0) is 13.8. The minimum atomic E-state index is 0.604. The number of rotatable bonds is 5. The van der Waals surface area contributed by atoms with Gasteiger partial charge in [0.25, 0.3) is 0 Å². The SMILES string of the molecule is CSCc1ccc(CNc2ccc3c(c2)OCCO3)o1. The Hall–Kier alpha value is -1.75. The largest absolute Gasteiger partial charge is 0.486 e. The monoisotopic (exact) mass is 291 g/mol. The highest BCUT2D eigenvalue weighted by molar-refractivity contribution is 7.97. The highest BCUT2D eigenvalue weighted by atomic mass is 32.2. The van der Waals surface area contributed by atoms with Crippen molar-refractivity contribution in [1.82, 2.24) is 0 Å². The van der Waals surface area contributed by atoms with Gasteiger partial charge in [0.2, 0.25) is 0 Å². The summed E-state index contributed by atoms with van der Waals surface area (Å²) >= 11 is 1.75. The Morgan fingerprint density at radius 1 is 1.05 bits per heavy atom. The van der Waals surface area contributed by atoms with E-state index in [0.717, 1.165) is 34.5 Å². The Bertz CT molecular complexity index is 582. The van der Waals surface area contributed by atoms with Gasteiger partial charge in [0, 0.05) is 11.8 Å². The number of hydrogen-bond donors (Lipinski definition) is 1. The Morgan fingerprint density at radius 2 is 1.85 bits per heavy atom. The fourth-order valence-corrected chi connectivity index (χ4v) is 2.52.